The fourth-order valence-electron chi connectivity index (χ4n) is 3.72. The molecule has 0 aromatic heterocycles. The summed E-state index contributed by atoms with van der Waals surface area (Å²) in [5, 5.41) is 4.65. The maximum Gasteiger partial charge on any atom is 0.0612 e. The molecular formula is C18H27Cl2N3. The van der Waals surface area contributed by atoms with E-state index in [-0.39, 0.29) is 0 Å². The first kappa shape index (κ1) is 17.3. The molecule has 0 bridgehead atoms. The SMILES string of the molecule is Clc1ccc(NCCCCN2CCN3CCCCC3C2)cc1Cl. The second kappa shape index (κ2) is 8.57. The summed E-state index contributed by atoms with van der Waals surface area (Å²) in [6.07, 6.45) is 6.65. The number of nitrogens with one attached hydrogen (secondary N) is 1. The van der Waals surface area contributed by atoms with Crippen molar-refractivity contribution in [1.82, 2.24) is 9.80 Å². The smallest absolute Gasteiger partial charge is 0.0612 e. The molecule has 23 heavy (non-hydrogen) atoms. The predicted molar refractivity (Wildman–Crippen MR) is 99.8 cm³/mol. The maximum absolute atomic E-state index is 6.03. The maximum atomic E-state index is 6.03. The van der Waals surface area contributed by atoms with E-state index >= 15 is 0 Å². The highest BCUT2D eigenvalue weighted by Gasteiger charge is 2.28. The number of anilines is 1. The van der Waals surface area contributed by atoms with Gasteiger partial charge < -0.3 is 10.2 Å². The molecule has 5 heteroatoms. The van der Waals surface area contributed by atoms with Gasteiger partial charge in [-0.2, -0.15) is 0 Å². The van der Waals surface area contributed by atoms with Gasteiger partial charge in [0.25, 0.3) is 0 Å². The fraction of sp³-hybridized carbons (Fsp3) is 0.667. The van der Waals surface area contributed by atoms with E-state index in [0.717, 1.165) is 18.3 Å². The Balaban J connectivity index is 1.31. The number of rotatable bonds is 6. The third-order valence-electron chi connectivity index (χ3n) is 5.07. The summed E-state index contributed by atoms with van der Waals surface area (Å²) < 4.78 is 0. The van der Waals surface area contributed by atoms with Gasteiger partial charge in [0.05, 0.1) is 10.0 Å². The van der Waals surface area contributed by atoms with Crippen molar-refractivity contribution >= 4 is 28.9 Å². The van der Waals surface area contributed by atoms with Crippen LogP contribution in [0.5, 0.6) is 0 Å². The second-order valence-electron chi connectivity index (χ2n) is 6.75. The van der Waals surface area contributed by atoms with Gasteiger partial charge in [-0.25, -0.2) is 0 Å². The minimum atomic E-state index is 0.610. The Labute approximate surface area is 149 Å². The van der Waals surface area contributed by atoms with Crippen LogP contribution in [-0.2, 0) is 0 Å². The van der Waals surface area contributed by atoms with Crippen LogP contribution in [0, 0.1) is 0 Å². The van der Waals surface area contributed by atoms with Crippen LogP contribution in [0.3, 0.4) is 0 Å². The normalized spacial score (nSPS) is 22.8. The average molecular weight is 356 g/mol. The molecule has 2 aliphatic rings. The Morgan fingerprint density at radius 3 is 2.83 bits per heavy atom. The molecule has 0 amide bonds. The van der Waals surface area contributed by atoms with E-state index in [1.165, 1.54) is 64.8 Å². The first-order chi connectivity index (χ1) is 11.2. The van der Waals surface area contributed by atoms with E-state index in [0.29, 0.717) is 10.0 Å². The molecule has 128 valence electrons. The summed E-state index contributed by atoms with van der Waals surface area (Å²) in [6.45, 7) is 7.34. The number of fused-ring (bicyclic) bond motifs is 1. The molecule has 2 aliphatic heterocycles. The third kappa shape index (κ3) is 4.99. The van der Waals surface area contributed by atoms with E-state index in [4.69, 9.17) is 23.2 Å². The van der Waals surface area contributed by atoms with Crippen LogP contribution < -0.4 is 5.32 Å². The Bertz CT molecular complexity index is 509. The van der Waals surface area contributed by atoms with Crippen LogP contribution >= 0.6 is 23.2 Å². The van der Waals surface area contributed by atoms with E-state index in [2.05, 4.69) is 15.1 Å². The lowest BCUT2D eigenvalue weighted by Gasteiger charge is -2.44. The van der Waals surface area contributed by atoms with Crippen molar-refractivity contribution in [3.05, 3.63) is 28.2 Å². The molecule has 1 aromatic rings. The number of hydrogen-bond donors (Lipinski definition) is 1. The molecule has 2 saturated heterocycles. The molecule has 3 rings (SSSR count). The molecule has 3 nitrogen and oxygen atoms in total. The number of benzene rings is 1. The fourth-order valence-corrected chi connectivity index (χ4v) is 4.02. The first-order valence-corrected chi connectivity index (χ1v) is 9.63. The summed E-state index contributed by atoms with van der Waals surface area (Å²) in [4.78, 5) is 5.36. The first-order valence-electron chi connectivity index (χ1n) is 8.88. The lowest BCUT2D eigenvalue weighted by molar-refractivity contribution is 0.0488. The highest BCUT2D eigenvalue weighted by molar-refractivity contribution is 6.42. The van der Waals surface area contributed by atoms with Crippen LogP contribution in [0.2, 0.25) is 10.0 Å². The topological polar surface area (TPSA) is 18.5 Å². The summed E-state index contributed by atoms with van der Waals surface area (Å²) >= 11 is 12.0. The molecular weight excluding hydrogens is 329 g/mol. The van der Waals surface area contributed by atoms with E-state index in [1.54, 1.807) is 0 Å². The lowest BCUT2D eigenvalue weighted by atomic mass is 9.99. The van der Waals surface area contributed by atoms with Gasteiger partial charge in [-0.3, -0.25) is 4.90 Å². The van der Waals surface area contributed by atoms with Crippen molar-refractivity contribution in [2.45, 2.75) is 38.1 Å². The van der Waals surface area contributed by atoms with E-state index in [1.807, 2.05) is 18.2 Å². The minimum absolute atomic E-state index is 0.610. The van der Waals surface area contributed by atoms with Crippen LogP contribution in [0.25, 0.3) is 0 Å². The molecule has 0 saturated carbocycles. The predicted octanol–water partition coefficient (Wildman–Crippen LogP) is 4.36. The largest absolute Gasteiger partial charge is 0.385 e. The van der Waals surface area contributed by atoms with Gasteiger partial charge in [-0.1, -0.05) is 29.6 Å². The number of halogens is 2. The molecule has 1 atom stereocenters. The van der Waals surface area contributed by atoms with Crippen molar-refractivity contribution in [3.63, 3.8) is 0 Å². The van der Waals surface area contributed by atoms with Crippen molar-refractivity contribution in [1.29, 1.82) is 0 Å². The van der Waals surface area contributed by atoms with Crippen LogP contribution in [0.1, 0.15) is 32.1 Å². The Hall–Kier alpha value is -0.480. The second-order valence-corrected chi connectivity index (χ2v) is 7.56. The van der Waals surface area contributed by atoms with Gasteiger partial charge in [-0.05, 0) is 57.0 Å². The Morgan fingerprint density at radius 1 is 1.04 bits per heavy atom. The highest BCUT2D eigenvalue weighted by atomic mass is 35.5. The number of nitrogens with zero attached hydrogens (tertiary/aromatic N) is 2. The molecule has 2 fully saturated rings. The number of piperazine rings is 1. The van der Waals surface area contributed by atoms with Gasteiger partial charge in [0, 0.05) is 37.9 Å². The van der Waals surface area contributed by atoms with Gasteiger partial charge in [-0.15, -0.1) is 0 Å². The van der Waals surface area contributed by atoms with Crippen molar-refractivity contribution in [2.24, 2.45) is 0 Å². The molecule has 0 spiro atoms. The lowest BCUT2D eigenvalue weighted by Crippen LogP contribution is -2.54. The summed E-state index contributed by atoms with van der Waals surface area (Å²) in [5.41, 5.74) is 1.05. The highest BCUT2D eigenvalue weighted by Crippen LogP contribution is 2.25. The number of unbranched alkanes of at least 4 members (excludes halogenated alkanes) is 1. The summed E-state index contributed by atoms with van der Waals surface area (Å²) in [7, 11) is 0. The van der Waals surface area contributed by atoms with Crippen molar-refractivity contribution in [2.75, 3.05) is 44.6 Å². The van der Waals surface area contributed by atoms with E-state index in [9.17, 15) is 0 Å². The van der Waals surface area contributed by atoms with Gasteiger partial charge in [0.1, 0.15) is 0 Å². The average Bonchev–Trinajstić information content (AvgIpc) is 2.57. The zero-order valence-corrected chi connectivity index (χ0v) is 15.2. The van der Waals surface area contributed by atoms with Crippen LogP contribution in [0.15, 0.2) is 18.2 Å². The zero-order valence-electron chi connectivity index (χ0n) is 13.7. The monoisotopic (exact) mass is 355 g/mol. The van der Waals surface area contributed by atoms with Crippen LogP contribution in [-0.4, -0.2) is 55.1 Å². The zero-order chi connectivity index (χ0) is 16.1. The van der Waals surface area contributed by atoms with Gasteiger partial charge in [0.2, 0.25) is 0 Å². The number of hydrogen-bond acceptors (Lipinski definition) is 3. The number of piperidine rings is 1. The van der Waals surface area contributed by atoms with E-state index < -0.39 is 0 Å². The molecule has 0 aliphatic carbocycles. The van der Waals surface area contributed by atoms with Crippen molar-refractivity contribution < 1.29 is 0 Å². The van der Waals surface area contributed by atoms with Crippen LogP contribution in [0.4, 0.5) is 5.69 Å². The molecule has 2 heterocycles. The van der Waals surface area contributed by atoms with Crippen molar-refractivity contribution in [3.8, 4) is 0 Å². The summed E-state index contributed by atoms with van der Waals surface area (Å²) in [6, 6.07) is 6.55. The quantitative estimate of drug-likeness (QED) is 0.765. The Morgan fingerprint density at radius 2 is 1.96 bits per heavy atom. The molecule has 0 radical (unpaired) electrons. The Kier molecular flexibility index (Phi) is 6.46. The minimum Gasteiger partial charge on any atom is -0.385 e. The molecule has 1 aromatic carbocycles. The van der Waals surface area contributed by atoms with Gasteiger partial charge in [0.15, 0.2) is 0 Å². The molecule has 1 unspecified atom stereocenters. The standard InChI is InChI=1S/C18H27Cl2N3/c19-17-7-6-15(13-18(17)20)21-8-2-4-9-22-11-12-23-10-3-1-5-16(23)14-22/h6-7,13,16,21H,1-5,8-12,14H2. The summed E-state index contributed by atoms with van der Waals surface area (Å²) in [5.74, 6) is 0. The molecule has 1 N–H and O–H groups in total. The third-order valence-corrected chi connectivity index (χ3v) is 5.81. The van der Waals surface area contributed by atoms with Gasteiger partial charge >= 0.3 is 0 Å².